The molecule has 1 aliphatic heterocycles. The van der Waals surface area contributed by atoms with Crippen molar-refractivity contribution in [3.8, 4) is 11.4 Å². The van der Waals surface area contributed by atoms with Gasteiger partial charge >= 0.3 is 0 Å². The smallest absolute Gasteiger partial charge is 0.245 e. The van der Waals surface area contributed by atoms with Crippen LogP contribution < -0.4 is 4.90 Å². The van der Waals surface area contributed by atoms with Crippen LogP contribution in [0.25, 0.3) is 11.4 Å². The molecule has 18 heavy (non-hydrogen) atoms. The highest BCUT2D eigenvalue weighted by Gasteiger charge is 2.17. The van der Waals surface area contributed by atoms with E-state index in [0.29, 0.717) is 0 Å². The lowest BCUT2D eigenvalue weighted by Crippen LogP contribution is -2.36. The zero-order valence-electron chi connectivity index (χ0n) is 10.6. The van der Waals surface area contributed by atoms with Crippen LogP contribution in [0.5, 0.6) is 0 Å². The van der Waals surface area contributed by atoms with Crippen molar-refractivity contribution in [2.24, 2.45) is 7.05 Å². The van der Waals surface area contributed by atoms with E-state index in [-0.39, 0.29) is 0 Å². The van der Waals surface area contributed by atoms with E-state index < -0.39 is 0 Å². The van der Waals surface area contributed by atoms with E-state index in [0.717, 1.165) is 49.3 Å². The van der Waals surface area contributed by atoms with Crippen molar-refractivity contribution in [1.29, 1.82) is 0 Å². The first-order valence-electron chi connectivity index (χ1n) is 6.00. The minimum atomic E-state index is 0.732. The van der Waals surface area contributed by atoms with Crippen molar-refractivity contribution < 1.29 is 4.74 Å². The molecule has 0 spiro atoms. The van der Waals surface area contributed by atoms with E-state index in [2.05, 4.69) is 25.2 Å². The molecule has 1 saturated heterocycles. The second kappa shape index (κ2) is 4.41. The average Bonchev–Trinajstić information content (AvgIpc) is 2.97. The molecule has 2 aromatic heterocycles. The molecule has 0 bridgehead atoms. The maximum atomic E-state index is 5.31. The van der Waals surface area contributed by atoms with Crippen LogP contribution in [0.15, 0.2) is 6.20 Å². The Kier molecular flexibility index (Phi) is 2.75. The Labute approximate surface area is 105 Å². The predicted octanol–water partition coefficient (Wildman–Crippen LogP) is 0.350. The molecule has 0 aliphatic carbocycles. The van der Waals surface area contributed by atoms with Gasteiger partial charge in [0, 0.05) is 26.3 Å². The predicted molar refractivity (Wildman–Crippen MR) is 66.4 cm³/mol. The van der Waals surface area contributed by atoms with Crippen LogP contribution in [-0.2, 0) is 11.8 Å². The first-order chi connectivity index (χ1) is 8.74. The molecule has 0 amide bonds. The van der Waals surface area contributed by atoms with Crippen LogP contribution in [0.2, 0.25) is 0 Å². The number of nitrogens with zero attached hydrogens (tertiary/aromatic N) is 5. The van der Waals surface area contributed by atoms with Crippen LogP contribution in [-0.4, -0.2) is 51.3 Å². The molecule has 7 nitrogen and oxygen atoms in total. The number of aromatic nitrogens is 5. The highest BCUT2D eigenvalue weighted by molar-refractivity contribution is 5.58. The van der Waals surface area contributed by atoms with E-state index in [9.17, 15) is 0 Å². The Bertz CT molecular complexity index is 539. The molecule has 1 fully saturated rings. The van der Waals surface area contributed by atoms with Crippen LogP contribution in [0.3, 0.4) is 0 Å². The standard InChI is InChI=1S/C11H16N6O/c1-8-9(7-16(2)15-8)10-12-11(14-13-10)17-3-5-18-6-4-17/h7H,3-6H2,1-2H3,(H,12,13,14). The number of rotatable bonds is 2. The number of aryl methyl sites for hydroxylation is 2. The average molecular weight is 248 g/mol. The first kappa shape index (κ1) is 11.2. The van der Waals surface area contributed by atoms with Gasteiger partial charge in [0.25, 0.3) is 0 Å². The highest BCUT2D eigenvalue weighted by atomic mass is 16.5. The Morgan fingerprint density at radius 1 is 1.33 bits per heavy atom. The molecule has 1 N–H and O–H groups in total. The number of hydrogen-bond acceptors (Lipinski definition) is 5. The topological polar surface area (TPSA) is 71.9 Å². The van der Waals surface area contributed by atoms with E-state index in [1.54, 1.807) is 4.68 Å². The molecule has 0 unspecified atom stereocenters. The number of hydrogen-bond donors (Lipinski definition) is 1. The molecule has 3 rings (SSSR count). The number of aromatic amines is 1. The third-order valence-corrected chi connectivity index (χ3v) is 3.04. The summed E-state index contributed by atoms with van der Waals surface area (Å²) in [5.41, 5.74) is 1.94. The molecule has 0 atom stereocenters. The summed E-state index contributed by atoms with van der Waals surface area (Å²) in [5, 5.41) is 11.5. The second-order valence-electron chi connectivity index (χ2n) is 4.39. The first-order valence-corrected chi connectivity index (χ1v) is 6.00. The fourth-order valence-electron chi connectivity index (χ4n) is 2.11. The quantitative estimate of drug-likeness (QED) is 0.830. The number of ether oxygens (including phenoxy) is 1. The molecule has 3 heterocycles. The summed E-state index contributed by atoms with van der Waals surface area (Å²) in [6, 6.07) is 0. The number of nitrogens with one attached hydrogen (secondary N) is 1. The molecule has 2 aromatic rings. The second-order valence-corrected chi connectivity index (χ2v) is 4.39. The van der Waals surface area contributed by atoms with E-state index >= 15 is 0 Å². The van der Waals surface area contributed by atoms with Crippen molar-refractivity contribution in [2.75, 3.05) is 31.2 Å². The lowest BCUT2D eigenvalue weighted by Gasteiger charge is -2.25. The lowest BCUT2D eigenvalue weighted by molar-refractivity contribution is 0.122. The summed E-state index contributed by atoms with van der Waals surface area (Å²) in [7, 11) is 1.90. The van der Waals surface area contributed by atoms with E-state index in [1.807, 2.05) is 20.2 Å². The summed E-state index contributed by atoms with van der Waals surface area (Å²) < 4.78 is 7.09. The van der Waals surface area contributed by atoms with Crippen molar-refractivity contribution in [1.82, 2.24) is 25.0 Å². The van der Waals surface area contributed by atoms with Gasteiger partial charge in [0.15, 0.2) is 5.82 Å². The Balaban J connectivity index is 1.86. The van der Waals surface area contributed by atoms with Crippen LogP contribution in [0.4, 0.5) is 5.95 Å². The molecule has 7 heteroatoms. The third kappa shape index (κ3) is 1.97. The maximum Gasteiger partial charge on any atom is 0.245 e. The monoisotopic (exact) mass is 248 g/mol. The highest BCUT2D eigenvalue weighted by Crippen LogP contribution is 2.20. The fraction of sp³-hybridized carbons (Fsp3) is 0.545. The van der Waals surface area contributed by atoms with Gasteiger partial charge in [-0.15, -0.1) is 5.10 Å². The van der Waals surface area contributed by atoms with Gasteiger partial charge in [-0.1, -0.05) is 0 Å². The maximum absolute atomic E-state index is 5.31. The Morgan fingerprint density at radius 3 is 2.78 bits per heavy atom. The van der Waals surface area contributed by atoms with Gasteiger partial charge in [-0.25, -0.2) is 0 Å². The summed E-state index contributed by atoms with van der Waals surface area (Å²) in [4.78, 5) is 6.65. The van der Waals surface area contributed by atoms with Crippen LogP contribution in [0.1, 0.15) is 5.69 Å². The van der Waals surface area contributed by atoms with E-state index in [4.69, 9.17) is 4.74 Å². The molecule has 0 radical (unpaired) electrons. The summed E-state index contributed by atoms with van der Waals surface area (Å²) in [6.45, 7) is 5.10. The summed E-state index contributed by atoms with van der Waals surface area (Å²) in [5.74, 6) is 1.50. The normalized spacial score (nSPS) is 16.2. The van der Waals surface area contributed by atoms with Gasteiger partial charge in [0.2, 0.25) is 5.95 Å². The molecule has 1 aliphatic rings. The number of morpholine rings is 1. The van der Waals surface area contributed by atoms with Gasteiger partial charge in [0.05, 0.1) is 24.5 Å². The van der Waals surface area contributed by atoms with Gasteiger partial charge in [-0.3, -0.25) is 9.78 Å². The van der Waals surface area contributed by atoms with E-state index in [1.165, 1.54) is 0 Å². The number of H-pyrrole nitrogens is 1. The lowest BCUT2D eigenvalue weighted by atomic mass is 10.2. The fourth-order valence-corrected chi connectivity index (χ4v) is 2.11. The molecule has 0 saturated carbocycles. The zero-order chi connectivity index (χ0) is 12.5. The van der Waals surface area contributed by atoms with Gasteiger partial charge in [0.1, 0.15) is 0 Å². The SMILES string of the molecule is Cc1nn(C)cc1-c1nc(N2CCOCC2)n[nH]1. The summed E-state index contributed by atoms with van der Waals surface area (Å²) in [6.07, 6.45) is 1.94. The molecule has 96 valence electrons. The minimum absolute atomic E-state index is 0.732. The third-order valence-electron chi connectivity index (χ3n) is 3.04. The van der Waals surface area contributed by atoms with Gasteiger partial charge in [-0.05, 0) is 6.92 Å². The van der Waals surface area contributed by atoms with Crippen molar-refractivity contribution in [3.05, 3.63) is 11.9 Å². The van der Waals surface area contributed by atoms with Crippen molar-refractivity contribution in [2.45, 2.75) is 6.92 Å². The largest absolute Gasteiger partial charge is 0.378 e. The molecular weight excluding hydrogens is 232 g/mol. The Morgan fingerprint density at radius 2 is 2.11 bits per heavy atom. The van der Waals surface area contributed by atoms with Gasteiger partial charge < -0.3 is 9.64 Å². The van der Waals surface area contributed by atoms with Crippen LogP contribution in [0, 0.1) is 6.92 Å². The number of anilines is 1. The Hall–Kier alpha value is -1.89. The zero-order valence-corrected chi connectivity index (χ0v) is 10.6. The molecule has 0 aromatic carbocycles. The van der Waals surface area contributed by atoms with Crippen molar-refractivity contribution in [3.63, 3.8) is 0 Å². The van der Waals surface area contributed by atoms with Crippen molar-refractivity contribution >= 4 is 5.95 Å². The molecular formula is C11H16N6O. The van der Waals surface area contributed by atoms with Gasteiger partial charge in [-0.2, -0.15) is 10.1 Å². The summed E-state index contributed by atoms with van der Waals surface area (Å²) >= 11 is 0. The minimum Gasteiger partial charge on any atom is -0.378 e. The van der Waals surface area contributed by atoms with Crippen LogP contribution >= 0.6 is 0 Å².